The van der Waals surface area contributed by atoms with Gasteiger partial charge in [-0.1, -0.05) is 0 Å². The molecular formula is C10H4F12O2. The lowest BCUT2D eigenvalue weighted by Crippen LogP contribution is -2.84. The summed E-state index contributed by atoms with van der Waals surface area (Å²) >= 11 is 0. The van der Waals surface area contributed by atoms with Gasteiger partial charge in [0.25, 0.3) is 0 Å². The number of hydrogen-bond acceptors (Lipinski definition) is 1. The Morgan fingerprint density at radius 1 is 0.667 bits per heavy atom. The minimum atomic E-state index is -7.49. The van der Waals surface area contributed by atoms with Crippen LogP contribution < -0.4 is 0 Å². The van der Waals surface area contributed by atoms with Crippen LogP contribution in [-0.2, 0) is 4.79 Å². The first-order valence-corrected chi connectivity index (χ1v) is 5.45. The zero-order valence-electron chi connectivity index (χ0n) is 10.9. The molecule has 140 valence electrons. The molecule has 0 aromatic heterocycles. The van der Waals surface area contributed by atoms with Gasteiger partial charge in [-0.05, 0) is 6.92 Å². The number of allylic oxidation sites excluding steroid dienone is 1. The van der Waals surface area contributed by atoms with Crippen molar-refractivity contribution in [3.05, 3.63) is 11.4 Å². The number of carbonyl (C=O) groups is 1. The Morgan fingerprint density at radius 2 is 0.917 bits per heavy atom. The molecule has 1 saturated carbocycles. The van der Waals surface area contributed by atoms with Crippen molar-refractivity contribution in [2.45, 2.75) is 42.2 Å². The molecule has 0 bridgehead atoms. The number of halogens is 12. The third-order valence-corrected chi connectivity index (χ3v) is 3.40. The highest BCUT2D eigenvalue weighted by Crippen LogP contribution is 2.71. The highest BCUT2D eigenvalue weighted by Gasteiger charge is 3.02. The second-order valence-corrected chi connectivity index (χ2v) is 4.77. The summed E-state index contributed by atoms with van der Waals surface area (Å²) in [6.45, 7) is -0.200. The predicted octanol–water partition coefficient (Wildman–Crippen LogP) is 4.21. The fraction of sp³-hybridized carbons (Fsp3) is 0.700. The van der Waals surface area contributed by atoms with Crippen molar-refractivity contribution in [2.75, 3.05) is 0 Å². The van der Waals surface area contributed by atoms with E-state index in [0.717, 1.165) is 0 Å². The first kappa shape index (κ1) is 20.4. The summed E-state index contributed by atoms with van der Waals surface area (Å²) in [5.74, 6) is -44.0. The molecule has 0 amide bonds. The number of aliphatic carboxylic acids is 1. The van der Waals surface area contributed by atoms with E-state index in [2.05, 4.69) is 0 Å². The van der Waals surface area contributed by atoms with E-state index in [0.29, 0.717) is 0 Å². The van der Waals surface area contributed by atoms with Gasteiger partial charge in [0.2, 0.25) is 0 Å². The van der Waals surface area contributed by atoms with Crippen molar-refractivity contribution >= 4 is 5.97 Å². The van der Waals surface area contributed by atoms with Crippen molar-refractivity contribution in [2.24, 2.45) is 0 Å². The van der Waals surface area contributed by atoms with E-state index in [-0.39, 0.29) is 6.92 Å². The molecule has 0 atom stereocenters. The molecule has 0 aromatic carbocycles. The maximum Gasteiger partial charge on any atom is 0.384 e. The van der Waals surface area contributed by atoms with Crippen LogP contribution in [0.25, 0.3) is 0 Å². The van der Waals surface area contributed by atoms with Crippen molar-refractivity contribution in [3.63, 3.8) is 0 Å². The largest absolute Gasteiger partial charge is 0.478 e. The molecule has 0 unspecified atom stereocenters. The second-order valence-electron chi connectivity index (χ2n) is 4.77. The number of carboxylic acids is 1. The van der Waals surface area contributed by atoms with Crippen LogP contribution in [0.2, 0.25) is 0 Å². The lowest BCUT2D eigenvalue weighted by molar-refractivity contribution is -0.480. The van der Waals surface area contributed by atoms with Crippen molar-refractivity contribution in [3.8, 4) is 0 Å². The number of hydrogen-bond donors (Lipinski definition) is 1. The molecule has 0 radical (unpaired) electrons. The maximum atomic E-state index is 14.0. The monoisotopic (exact) mass is 384 g/mol. The zero-order chi connectivity index (χ0) is 19.7. The molecule has 1 fully saturated rings. The molecule has 1 N–H and O–H groups in total. The average molecular weight is 384 g/mol. The van der Waals surface area contributed by atoms with Gasteiger partial charge in [-0.15, -0.1) is 0 Å². The molecule has 0 heterocycles. The fourth-order valence-electron chi connectivity index (χ4n) is 1.85. The van der Waals surface area contributed by atoms with E-state index in [9.17, 15) is 57.5 Å². The Kier molecular flexibility index (Phi) is 4.01. The van der Waals surface area contributed by atoms with Crippen molar-refractivity contribution in [1.29, 1.82) is 0 Å². The van der Waals surface area contributed by atoms with Crippen LogP contribution >= 0.6 is 0 Å². The van der Waals surface area contributed by atoms with Crippen LogP contribution in [0.1, 0.15) is 6.92 Å². The first-order chi connectivity index (χ1) is 10.3. The van der Waals surface area contributed by atoms with Crippen molar-refractivity contribution in [1.82, 2.24) is 0 Å². The molecule has 24 heavy (non-hydrogen) atoms. The summed E-state index contributed by atoms with van der Waals surface area (Å²) < 4.78 is 159. The SMILES string of the molecule is CC(C(=O)O)=C(F)C1(F)C(F)(F)C(F)(F)C(F)(F)C(F)(F)C1(F)F. The Hall–Kier alpha value is -1.63. The van der Waals surface area contributed by atoms with Crippen LogP contribution in [0.4, 0.5) is 52.7 Å². The second kappa shape index (κ2) is 4.71. The molecule has 1 aliphatic carbocycles. The predicted molar refractivity (Wildman–Crippen MR) is 50.0 cm³/mol. The van der Waals surface area contributed by atoms with Gasteiger partial charge in [0.05, 0.1) is 5.57 Å². The Morgan fingerprint density at radius 3 is 1.17 bits per heavy atom. The van der Waals surface area contributed by atoms with Gasteiger partial charge in [0, 0.05) is 0 Å². The number of rotatable bonds is 2. The summed E-state index contributed by atoms with van der Waals surface area (Å²) in [7, 11) is 0. The van der Waals surface area contributed by atoms with E-state index in [1.54, 1.807) is 0 Å². The molecule has 0 aliphatic heterocycles. The zero-order valence-corrected chi connectivity index (χ0v) is 10.9. The van der Waals surface area contributed by atoms with E-state index < -0.39 is 52.7 Å². The quantitative estimate of drug-likeness (QED) is 0.572. The van der Waals surface area contributed by atoms with Gasteiger partial charge in [-0.2, -0.15) is 43.9 Å². The third-order valence-electron chi connectivity index (χ3n) is 3.40. The lowest BCUT2D eigenvalue weighted by atomic mass is 9.71. The van der Waals surface area contributed by atoms with Gasteiger partial charge >= 0.3 is 41.3 Å². The Bertz CT molecular complexity index is 575. The lowest BCUT2D eigenvalue weighted by Gasteiger charge is -2.51. The van der Waals surface area contributed by atoms with Crippen LogP contribution in [0.15, 0.2) is 11.4 Å². The topological polar surface area (TPSA) is 37.3 Å². The Labute approximate surface area is 123 Å². The normalized spacial score (nSPS) is 29.5. The minimum Gasteiger partial charge on any atom is -0.478 e. The van der Waals surface area contributed by atoms with E-state index in [1.807, 2.05) is 0 Å². The number of carboxylic acid groups (broad SMARTS) is 1. The minimum absolute atomic E-state index is 0.200. The van der Waals surface area contributed by atoms with Gasteiger partial charge in [0.1, 0.15) is 0 Å². The molecular weight excluding hydrogens is 380 g/mol. The molecule has 1 aliphatic rings. The van der Waals surface area contributed by atoms with Crippen LogP contribution in [0.3, 0.4) is 0 Å². The van der Waals surface area contributed by atoms with Gasteiger partial charge in [0.15, 0.2) is 5.83 Å². The highest BCUT2D eigenvalue weighted by atomic mass is 19.4. The van der Waals surface area contributed by atoms with Gasteiger partial charge < -0.3 is 5.11 Å². The molecule has 2 nitrogen and oxygen atoms in total. The first-order valence-electron chi connectivity index (χ1n) is 5.45. The molecule has 14 heteroatoms. The van der Waals surface area contributed by atoms with Crippen LogP contribution in [0.5, 0.6) is 0 Å². The fourth-order valence-corrected chi connectivity index (χ4v) is 1.85. The third kappa shape index (κ3) is 1.74. The highest BCUT2D eigenvalue weighted by molar-refractivity contribution is 5.87. The Balaban J connectivity index is 4.03. The van der Waals surface area contributed by atoms with Crippen LogP contribution in [-0.4, -0.2) is 46.4 Å². The summed E-state index contributed by atoms with van der Waals surface area (Å²) in [5.41, 5.74) is -9.48. The molecule has 0 spiro atoms. The summed E-state index contributed by atoms with van der Waals surface area (Å²) in [6.07, 6.45) is 0. The van der Waals surface area contributed by atoms with Gasteiger partial charge in [-0.25, -0.2) is 13.6 Å². The van der Waals surface area contributed by atoms with Crippen molar-refractivity contribution < 1.29 is 62.6 Å². The van der Waals surface area contributed by atoms with Crippen LogP contribution in [0, 0.1) is 0 Å². The number of alkyl halides is 11. The smallest absolute Gasteiger partial charge is 0.384 e. The average Bonchev–Trinajstić information content (AvgIpc) is 2.42. The summed E-state index contributed by atoms with van der Waals surface area (Å²) in [6, 6.07) is 0. The van der Waals surface area contributed by atoms with E-state index >= 15 is 0 Å². The van der Waals surface area contributed by atoms with E-state index in [4.69, 9.17) is 5.11 Å². The molecule has 0 aromatic rings. The maximum absolute atomic E-state index is 14.0. The summed E-state index contributed by atoms with van der Waals surface area (Å²) in [5, 5.41) is 8.22. The molecule has 1 rings (SSSR count). The summed E-state index contributed by atoms with van der Waals surface area (Å²) in [4.78, 5) is 10.3. The molecule has 0 saturated heterocycles. The van der Waals surface area contributed by atoms with Gasteiger partial charge in [-0.3, -0.25) is 0 Å². The standard InChI is InChI=1S/C10H4F12O2/c1-2(4(23)24)3(11)5(12)6(13,14)8(17,18)10(21,22)9(19,20)7(5,15)16/h1H3,(H,23,24). The van der Waals surface area contributed by atoms with E-state index in [1.165, 1.54) is 0 Å².